The second-order valence-corrected chi connectivity index (χ2v) is 6.41. The number of amides is 2. The zero-order valence-corrected chi connectivity index (χ0v) is 14.8. The van der Waals surface area contributed by atoms with E-state index in [2.05, 4.69) is 5.32 Å². The highest BCUT2D eigenvalue weighted by Gasteiger charge is 2.38. The fraction of sp³-hybridized carbons (Fsp3) is 0.529. The molecule has 0 aromatic heterocycles. The Morgan fingerprint density at radius 1 is 1.22 bits per heavy atom. The lowest BCUT2D eigenvalue weighted by molar-refractivity contribution is -0.146. The molecule has 0 heterocycles. The van der Waals surface area contributed by atoms with Gasteiger partial charge in [0, 0.05) is 18.8 Å². The van der Waals surface area contributed by atoms with Gasteiger partial charge in [0.1, 0.15) is 11.2 Å². The average molecular weight is 343 g/mol. The minimum Gasteiger partial charge on any atom is -0.342 e. The number of rotatable bonds is 7. The van der Waals surface area contributed by atoms with Gasteiger partial charge >= 0.3 is 0 Å². The normalized spacial score (nSPS) is 11.2. The van der Waals surface area contributed by atoms with E-state index >= 15 is 0 Å². The van der Waals surface area contributed by atoms with Crippen LogP contribution in [-0.4, -0.2) is 29.8 Å². The van der Waals surface area contributed by atoms with Crippen LogP contribution < -0.4 is 5.32 Å². The third-order valence-electron chi connectivity index (χ3n) is 3.55. The van der Waals surface area contributed by atoms with E-state index in [1.807, 2.05) is 13.8 Å². The largest absolute Gasteiger partial charge is 0.342 e. The third kappa shape index (κ3) is 4.93. The van der Waals surface area contributed by atoms with E-state index in [0.717, 1.165) is 12.8 Å². The average Bonchev–Trinajstić information content (AvgIpc) is 2.50. The van der Waals surface area contributed by atoms with Gasteiger partial charge in [-0.15, -0.1) is 0 Å². The van der Waals surface area contributed by atoms with Crippen molar-refractivity contribution in [2.75, 3.05) is 18.4 Å². The first-order chi connectivity index (χ1) is 10.7. The number of nitrogens with zero attached hydrogens (tertiary/aromatic N) is 1. The Balaban J connectivity index is 2.89. The molecule has 1 N–H and O–H groups in total. The van der Waals surface area contributed by atoms with Crippen molar-refractivity contribution in [3.63, 3.8) is 0 Å². The Morgan fingerprint density at radius 2 is 1.78 bits per heavy atom. The second-order valence-electron chi connectivity index (χ2n) is 6.00. The third-order valence-corrected chi connectivity index (χ3v) is 3.84. The fourth-order valence-corrected chi connectivity index (χ4v) is 2.39. The van der Waals surface area contributed by atoms with Gasteiger partial charge in [-0.1, -0.05) is 25.4 Å². The predicted octanol–water partition coefficient (Wildman–Crippen LogP) is 4.09. The number of anilines is 1. The minimum atomic E-state index is -1.22. The monoisotopic (exact) mass is 342 g/mol. The van der Waals surface area contributed by atoms with Gasteiger partial charge in [0.05, 0.1) is 5.02 Å². The highest BCUT2D eigenvalue weighted by Crippen LogP contribution is 2.24. The Labute approximate surface area is 142 Å². The summed E-state index contributed by atoms with van der Waals surface area (Å²) >= 11 is 5.71. The van der Waals surface area contributed by atoms with Gasteiger partial charge in [-0.3, -0.25) is 9.59 Å². The Morgan fingerprint density at radius 3 is 2.26 bits per heavy atom. The Hall–Kier alpha value is -1.62. The van der Waals surface area contributed by atoms with Crippen LogP contribution in [0.3, 0.4) is 0 Å². The van der Waals surface area contributed by atoms with Crippen LogP contribution in [0.4, 0.5) is 10.1 Å². The molecule has 0 spiro atoms. The van der Waals surface area contributed by atoms with Crippen LogP contribution in [0.15, 0.2) is 18.2 Å². The maximum atomic E-state index is 13.2. The van der Waals surface area contributed by atoms with E-state index in [-0.39, 0.29) is 10.9 Å². The standard InChI is InChI=1S/C17H24ClFN2O2/c1-5-9-21(10-6-2)16(23)17(3,4)15(22)20-12-7-8-14(19)13(18)11-12/h7-8,11H,5-6,9-10H2,1-4H3,(H,20,22). The molecule has 23 heavy (non-hydrogen) atoms. The van der Waals surface area contributed by atoms with Crippen molar-refractivity contribution in [3.8, 4) is 0 Å². The molecule has 0 saturated carbocycles. The first-order valence-electron chi connectivity index (χ1n) is 7.79. The molecule has 0 bridgehead atoms. The zero-order chi connectivity index (χ0) is 17.6. The molecule has 0 fully saturated rings. The van der Waals surface area contributed by atoms with Gasteiger partial charge in [-0.05, 0) is 44.9 Å². The highest BCUT2D eigenvalue weighted by molar-refractivity contribution is 6.31. The van der Waals surface area contributed by atoms with Crippen molar-refractivity contribution >= 4 is 29.1 Å². The molecule has 1 rings (SSSR count). The highest BCUT2D eigenvalue weighted by atomic mass is 35.5. The Kier molecular flexibility index (Phi) is 7.01. The van der Waals surface area contributed by atoms with Crippen molar-refractivity contribution in [3.05, 3.63) is 29.0 Å². The van der Waals surface area contributed by atoms with Crippen molar-refractivity contribution < 1.29 is 14.0 Å². The summed E-state index contributed by atoms with van der Waals surface area (Å²) in [5.41, 5.74) is -0.856. The molecule has 0 radical (unpaired) electrons. The van der Waals surface area contributed by atoms with Crippen LogP contribution in [0.1, 0.15) is 40.5 Å². The van der Waals surface area contributed by atoms with E-state index in [1.54, 1.807) is 18.7 Å². The minimum absolute atomic E-state index is 0.0782. The lowest BCUT2D eigenvalue weighted by Gasteiger charge is -2.30. The molecule has 0 atom stereocenters. The maximum absolute atomic E-state index is 13.2. The van der Waals surface area contributed by atoms with Crippen LogP contribution in [0.5, 0.6) is 0 Å². The first kappa shape index (κ1) is 19.4. The molecule has 2 amide bonds. The molecule has 0 aliphatic heterocycles. The lowest BCUT2D eigenvalue weighted by atomic mass is 9.90. The molecule has 0 aliphatic carbocycles. The van der Waals surface area contributed by atoms with Gasteiger partial charge in [0.15, 0.2) is 0 Å². The molecule has 0 unspecified atom stereocenters. The summed E-state index contributed by atoms with van der Waals surface area (Å²) in [4.78, 5) is 26.9. The number of carbonyl (C=O) groups excluding carboxylic acids is 2. The SMILES string of the molecule is CCCN(CCC)C(=O)C(C)(C)C(=O)Nc1ccc(F)c(Cl)c1. The van der Waals surface area contributed by atoms with Crippen LogP contribution >= 0.6 is 11.6 Å². The van der Waals surface area contributed by atoms with Gasteiger partial charge in [0.25, 0.3) is 0 Å². The van der Waals surface area contributed by atoms with Crippen LogP contribution in [0, 0.1) is 11.2 Å². The quantitative estimate of drug-likeness (QED) is 0.759. The molecular formula is C17H24ClFN2O2. The van der Waals surface area contributed by atoms with Crippen LogP contribution in [0.25, 0.3) is 0 Å². The number of nitrogens with one attached hydrogen (secondary N) is 1. The first-order valence-corrected chi connectivity index (χ1v) is 8.17. The number of carbonyl (C=O) groups is 2. The van der Waals surface area contributed by atoms with E-state index in [4.69, 9.17) is 11.6 Å². The molecule has 6 heteroatoms. The maximum Gasteiger partial charge on any atom is 0.239 e. The van der Waals surface area contributed by atoms with Crippen LogP contribution in [-0.2, 0) is 9.59 Å². The molecule has 128 valence electrons. The second kappa shape index (κ2) is 8.29. The van der Waals surface area contributed by atoms with Gasteiger partial charge in [-0.25, -0.2) is 4.39 Å². The van der Waals surface area contributed by atoms with E-state index < -0.39 is 17.1 Å². The van der Waals surface area contributed by atoms with Crippen molar-refractivity contribution in [1.82, 2.24) is 4.90 Å². The molecular weight excluding hydrogens is 319 g/mol. The summed E-state index contributed by atoms with van der Waals surface area (Å²) in [6.07, 6.45) is 1.66. The van der Waals surface area contributed by atoms with E-state index in [9.17, 15) is 14.0 Å². The van der Waals surface area contributed by atoms with Gasteiger partial charge < -0.3 is 10.2 Å². The van der Waals surface area contributed by atoms with Crippen LogP contribution in [0.2, 0.25) is 5.02 Å². The Bertz CT molecular complexity index is 570. The van der Waals surface area contributed by atoms with E-state index in [0.29, 0.717) is 18.8 Å². The summed E-state index contributed by atoms with van der Waals surface area (Å²) in [5, 5.41) is 2.55. The van der Waals surface area contributed by atoms with E-state index in [1.165, 1.54) is 18.2 Å². The van der Waals surface area contributed by atoms with Crippen molar-refractivity contribution in [1.29, 1.82) is 0 Å². The fourth-order valence-electron chi connectivity index (χ4n) is 2.21. The summed E-state index contributed by atoms with van der Waals surface area (Å²) in [5.74, 6) is -1.22. The zero-order valence-electron chi connectivity index (χ0n) is 14.1. The molecule has 0 saturated heterocycles. The number of benzene rings is 1. The van der Waals surface area contributed by atoms with Crippen molar-refractivity contribution in [2.24, 2.45) is 5.41 Å². The smallest absolute Gasteiger partial charge is 0.239 e. The summed E-state index contributed by atoms with van der Waals surface area (Å²) in [6.45, 7) is 8.40. The number of hydrogen-bond donors (Lipinski definition) is 1. The number of hydrogen-bond acceptors (Lipinski definition) is 2. The topological polar surface area (TPSA) is 49.4 Å². The van der Waals surface area contributed by atoms with Gasteiger partial charge in [-0.2, -0.15) is 0 Å². The molecule has 1 aromatic rings. The lowest BCUT2D eigenvalue weighted by Crippen LogP contribution is -2.47. The number of halogens is 2. The molecule has 0 aliphatic rings. The van der Waals surface area contributed by atoms with Crippen molar-refractivity contribution in [2.45, 2.75) is 40.5 Å². The summed E-state index contributed by atoms with van der Waals surface area (Å²) < 4.78 is 13.2. The molecule has 4 nitrogen and oxygen atoms in total. The summed E-state index contributed by atoms with van der Waals surface area (Å²) in [6, 6.07) is 3.91. The predicted molar refractivity (Wildman–Crippen MR) is 91.0 cm³/mol. The summed E-state index contributed by atoms with van der Waals surface area (Å²) in [7, 11) is 0. The molecule has 1 aromatic carbocycles. The van der Waals surface area contributed by atoms with Gasteiger partial charge in [0.2, 0.25) is 11.8 Å².